The van der Waals surface area contributed by atoms with Gasteiger partial charge in [-0.3, -0.25) is 0 Å². The lowest BCUT2D eigenvalue weighted by molar-refractivity contribution is 0.0531. The normalized spacial score (nSPS) is 12.0. The number of hydrogen-bond donors (Lipinski definition) is 2. The summed E-state index contributed by atoms with van der Waals surface area (Å²) in [7, 11) is 1.65. The molecule has 1 heterocycles. The Morgan fingerprint density at radius 1 is 1.31 bits per heavy atom. The molecule has 9 heteroatoms. The van der Waals surface area contributed by atoms with E-state index in [1.54, 1.807) is 14.0 Å². The van der Waals surface area contributed by atoms with Gasteiger partial charge in [-0.25, -0.2) is 14.8 Å². The fourth-order valence-electron chi connectivity index (χ4n) is 2.57. The Morgan fingerprint density at radius 2 is 2.03 bits per heavy atom. The summed E-state index contributed by atoms with van der Waals surface area (Å²) >= 11 is 1.35. The number of halogens is 1. The van der Waals surface area contributed by atoms with E-state index in [1.807, 2.05) is 45.0 Å². The maximum Gasteiger partial charge on any atom is 0.350 e. The summed E-state index contributed by atoms with van der Waals surface area (Å²) in [5.41, 5.74) is 1.69. The summed E-state index contributed by atoms with van der Waals surface area (Å²) < 4.78 is 10.5. The van der Waals surface area contributed by atoms with Gasteiger partial charge in [0, 0.05) is 12.1 Å². The molecule has 1 aromatic heterocycles. The summed E-state index contributed by atoms with van der Waals surface area (Å²) in [4.78, 5) is 21.7. The van der Waals surface area contributed by atoms with E-state index in [0.717, 1.165) is 22.9 Å². The van der Waals surface area contributed by atoms with Crippen LogP contribution in [0, 0.1) is 6.92 Å². The molecule has 1 unspecified atom stereocenters. The summed E-state index contributed by atoms with van der Waals surface area (Å²) in [6, 6.07) is 7.70. The number of methoxy groups -OCH3 is 1. The number of aliphatic imine (C=N–C) groups is 1. The number of guanidine groups is 1. The minimum atomic E-state index is -0.326. The number of rotatable bonds is 8. The molecule has 0 saturated heterocycles. The van der Waals surface area contributed by atoms with Crippen LogP contribution in [-0.2, 0) is 11.3 Å². The molecule has 2 rings (SSSR count). The molecule has 0 amide bonds. The maximum atomic E-state index is 12.0. The Morgan fingerprint density at radius 3 is 2.69 bits per heavy atom. The van der Waals surface area contributed by atoms with Gasteiger partial charge in [0.05, 0.1) is 32.0 Å². The number of hydrogen-bond acceptors (Lipinski definition) is 6. The number of nitrogens with one attached hydrogen (secondary N) is 2. The molecule has 0 radical (unpaired) electrons. The molecule has 0 aliphatic rings. The first-order chi connectivity index (χ1) is 13.5. The SMILES string of the molecule is CCNC(=NCc1ccccc1OC)NC(C)c1nc(C)c(C(=O)OCC)s1.I. The highest BCUT2D eigenvalue weighted by Gasteiger charge is 2.20. The summed E-state index contributed by atoms with van der Waals surface area (Å²) in [6.07, 6.45) is 0. The fourth-order valence-corrected chi connectivity index (χ4v) is 3.54. The zero-order valence-corrected chi connectivity index (χ0v) is 20.6. The van der Waals surface area contributed by atoms with Gasteiger partial charge in [-0.1, -0.05) is 18.2 Å². The van der Waals surface area contributed by atoms with Gasteiger partial charge in [0.15, 0.2) is 5.96 Å². The predicted molar refractivity (Wildman–Crippen MR) is 128 cm³/mol. The van der Waals surface area contributed by atoms with Gasteiger partial charge in [-0.15, -0.1) is 35.3 Å². The highest BCUT2D eigenvalue weighted by atomic mass is 127. The molecule has 0 aliphatic heterocycles. The topological polar surface area (TPSA) is 84.8 Å². The molecule has 0 bridgehead atoms. The number of ether oxygens (including phenoxy) is 2. The van der Waals surface area contributed by atoms with Crippen molar-refractivity contribution >= 4 is 47.2 Å². The lowest BCUT2D eigenvalue weighted by Gasteiger charge is -2.16. The van der Waals surface area contributed by atoms with Crippen molar-refractivity contribution in [2.45, 2.75) is 40.3 Å². The Labute approximate surface area is 193 Å². The van der Waals surface area contributed by atoms with Gasteiger partial charge >= 0.3 is 5.97 Å². The number of aryl methyl sites for hydroxylation is 1. The van der Waals surface area contributed by atoms with Crippen molar-refractivity contribution in [3.8, 4) is 5.75 Å². The number of thiazole rings is 1. The predicted octanol–water partition coefficient (Wildman–Crippen LogP) is 4.07. The molecule has 160 valence electrons. The number of carbonyl (C=O) groups excluding carboxylic acids is 1. The van der Waals surface area contributed by atoms with E-state index >= 15 is 0 Å². The first kappa shape index (κ1) is 25.2. The number of carbonyl (C=O) groups is 1. The molecule has 0 fully saturated rings. The molecule has 29 heavy (non-hydrogen) atoms. The third kappa shape index (κ3) is 7.14. The minimum Gasteiger partial charge on any atom is -0.496 e. The highest BCUT2D eigenvalue weighted by Crippen LogP contribution is 2.24. The Bertz CT molecular complexity index is 826. The second kappa shape index (κ2) is 12.6. The van der Waals surface area contributed by atoms with Crippen LogP contribution in [0.25, 0.3) is 0 Å². The number of para-hydroxylation sites is 1. The molecule has 7 nitrogen and oxygen atoms in total. The zero-order valence-electron chi connectivity index (χ0n) is 17.4. The number of esters is 1. The molecule has 0 aliphatic carbocycles. The van der Waals surface area contributed by atoms with Crippen LogP contribution in [0.5, 0.6) is 5.75 Å². The minimum absolute atomic E-state index is 0. The van der Waals surface area contributed by atoms with Gasteiger partial charge in [0.1, 0.15) is 15.6 Å². The lowest BCUT2D eigenvalue weighted by atomic mass is 10.2. The van der Waals surface area contributed by atoms with Crippen LogP contribution < -0.4 is 15.4 Å². The van der Waals surface area contributed by atoms with Crippen LogP contribution in [0.2, 0.25) is 0 Å². The van der Waals surface area contributed by atoms with Gasteiger partial charge in [0.2, 0.25) is 0 Å². The molecule has 1 aromatic carbocycles. The van der Waals surface area contributed by atoms with Crippen molar-refractivity contribution < 1.29 is 14.3 Å². The molecule has 1 atom stereocenters. The Balaban J connectivity index is 0.00000420. The van der Waals surface area contributed by atoms with Crippen LogP contribution in [0.3, 0.4) is 0 Å². The van der Waals surface area contributed by atoms with Crippen molar-refractivity contribution in [1.82, 2.24) is 15.6 Å². The van der Waals surface area contributed by atoms with E-state index in [9.17, 15) is 4.79 Å². The fraction of sp³-hybridized carbons (Fsp3) is 0.450. The first-order valence-corrected chi connectivity index (χ1v) is 10.1. The van der Waals surface area contributed by atoms with Crippen LogP contribution in [0.4, 0.5) is 0 Å². The van der Waals surface area contributed by atoms with Gasteiger partial charge < -0.3 is 20.1 Å². The van der Waals surface area contributed by atoms with Crippen molar-refractivity contribution in [3.05, 3.63) is 45.4 Å². The van der Waals surface area contributed by atoms with Crippen LogP contribution >= 0.6 is 35.3 Å². The third-order valence-electron chi connectivity index (χ3n) is 3.94. The summed E-state index contributed by atoms with van der Waals surface area (Å²) in [6.45, 7) is 9.17. The van der Waals surface area contributed by atoms with E-state index in [4.69, 9.17) is 9.47 Å². The van der Waals surface area contributed by atoms with Crippen molar-refractivity contribution in [2.75, 3.05) is 20.3 Å². The van der Waals surface area contributed by atoms with Crippen LogP contribution in [0.15, 0.2) is 29.3 Å². The maximum absolute atomic E-state index is 12.0. The lowest BCUT2D eigenvalue weighted by Crippen LogP contribution is -2.38. The molecule has 0 spiro atoms. The molecular formula is C20H29IN4O3S. The third-order valence-corrected chi connectivity index (χ3v) is 5.26. The molecular weight excluding hydrogens is 503 g/mol. The van der Waals surface area contributed by atoms with E-state index in [1.165, 1.54) is 11.3 Å². The second-order valence-corrected chi connectivity index (χ2v) is 7.09. The monoisotopic (exact) mass is 532 g/mol. The van der Waals surface area contributed by atoms with Crippen molar-refractivity contribution in [3.63, 3.8) is 0 Å². The Hall–Kier alpha value is -1.88. The van der Waals surface area contributed by atoms with Gasteiger partial charge in [-0.05, 0) is 33.8 Å². The van der Waals surface area contributed by atoms with E-state index in [-0.39, 0.29) is 36.0 Å². The average Bonchev–Trinajstić information content (AvgIpc) is 3.08. The van der Waals surface area contributed by atoms with Crippen LogP contribution in [0.1, 0.15) is 52.7 Å². The van der Waals surface area contributed by atoms with E-state index in [2.05, 4.69) is 20.6 Å². The average molecular weight is 532 g/mol. The number of benzene rings is 1. The van der Waals surface area contributed by atoms with Crippen molar-refractivity contribution in [1.29, 1.82) is 0 Å². The first-order valence-electron chi connectivity index (χ1n) is 9.31. The smallest absolute Gasteiger partial charge is 0.350 e. The quantitative estimate of drug-likeness (QED) is 0.231. The zero-order chi connectivity index (χ0) is 20.5. The largest absolute Gasteiger partial charge is 0.496 e. The summed E-state index contributed by atoms with van der Waals surface area (Å²) in [5, 5.41) is 7.39. The Kier molecular flexibility index (Phi) is 11.0. The van der Waals surface area contributed by atoms with Crippen LogP contribution in [-0.4, -0.2) is 37.2 Å². The molecule has 2 aromatic rings. The molecule has 2 N–H and O–H groups in total. The second-order valence-electron chi connectivity index (χ2n) is 6.06. The van der Waals surface area contributed by atoms with Gasteiger partial charge in [0.25, 0.3) is 0 Å². The van der Waals surface area contributed by atoms with Gasteiger partial charge in [-0.2, -0.15) is 0 Å². The van der Waals surface area contributed by atoms with Crippen molar-refractivity contribution in [2.24, 2.45) is 4.99 Å². The number of nitrogens with zero attached hydrogens (tertiary/aromatic N) is 2. The van der Waals surface area contributed by atoms with E-state index in [0.29, 0.717) is 29.7 Å². The number of aromatic nitrogens is 1. The van der Waals surface area contributed by atoms with E-state index < -0.39 is 0 Å². The molecule has 0 saturated carbocycles. The standard InChI is InChI=1S/C20H28N4O3S.HI/c1-6-21-20(22-12-15-10-8-9-11-16(15)26-5)24-14(4)18-23-13(3)17(28-18)19(25)27-7-2;/h8-11,14H,6-7,12H2,1-5H3,(H2,21,22,24);1H. The summed E-state index contributed by atoms with van der Waals surface area (Å²) in [5.74, 6) is 1.16. The highest BCUT2D eigenvalue weighted by molar-refractivity contribution is 14.0.